The maximum Gasteiger partial charge on any atom is 0.191 e. The molecular formula is C18H35N7O. The Kier molecular flexibility index (Phi) is 8.31. The molecule has 26 heavy (non-hydrogen) atoms. The number of aliphatic imine (C=N–C) groups is 1. The summed E-state index contributed by atoms with van der Waals surface area (Å²) in [7, 11) is 1.67. The Morgan fingerprint density at radius 3 is 2.81 bits per heavy atom. The quantitative estimate of drug-likeness (QED) is 0.503. The van der Waals surface area contributed by atoms with Gasteiger partial charge in [0.1, 0.15) is 12.4 Å². The number of nitrogens with zero attached hydrogens (tertiary/aromatic N) is 5. The summed E-state index contributed by atoms with van der Waals surface area (Å²) in [4.78, 5) is 11.8. The summed E-state index contributed by atoms with van der Waals surface area (Å²) in [6.45, 7) is 13.7. The number of rotatable bonds is 9. The van der Waals surface area contributed by atoms with Crippen molar-refractivity contribution in [2.75, 3.05) is 33.3 Å². The molecule has 8 heteroatoms. The lowest BCUT2D eigenvalue weighted by Gasteiger charge is -2.27. The van der Waals surface area contributed by atoms with Crippen molar-refractivity contribution in [3.05, 3.63) is 11.6 Å². The van der Waals surface area contributed by atoms with Crippen LogP contribution in [0, 0.1) is 0 Å². The van der Waals surface area contributed by atoms with Crippen molar-refractivity contribution in [2.45, 2.75) is 65.8 Å². The van der Waals surface area contributed by atoms with E-state index in [0.717, 1.165) is 63.2 Å². The van der Waals surface area contributed by atoms with Gasteiger partial charge in [0.05, 0.1) is 13.1 Å². The van der Waals surface area contributed by atoms with E-state index >= 15 is 0 Å². The molecule has 0 saturated heterocycles. The van der Waals surface area contributed by atoms with E-state index < -0.39 is 0 Å². The van der Waals surface area contributed by atoms with Crippen LogP contribution >= 0.6 is 0 Å². The second-order valence-electron chi connectivity index (χ2n) is 6.73. The number of fused-ring (bicyclic) bond motifs is 1. The Hall–Kier alpha value is -1.67. The zero-order valence-electron chi connectivity index (χ0n) is 17.0. The van der Waals surface area contributed by atoms with Crippen LogP contribution in [0.1, 0.15) is 45.8 Å². The molecule has 1 aliphatic rings. The van der Waals surface area contributed by atoms with E-state index in [2.05, 4.69) is 53.3 Å². The number of aromatic nitrogens is 3. The fourth-order valence-electron chi connectivity index (χ4n) is 3.37. The van der Waals surface area contributed by atoms with Crippen LogP contribution < -0.4 is 10.6 Å². The predicted molar refractivity (Wildman–Crippen MR) is 104 cm³/mol. The van der Waals surface area contributed by atoms with E-state index in [1.54, 1.807) is 7.11 Å². The van der Waals surface area contributed by atoms with Crippen LogP contribution in [-0.4, -0.2) is 71.0 Å². The van der Waals surface area contributed by atoms with E-state index in [4.69, 9.17) is 9.73 Å². The number of aryl methyl sites for hydroxylation is 1. The highest BCUT2D eigenvalue weighted by atomic mass is 16.5. The number of hydrogen-bond donors (Lipinski definition) is 2. The van der Waals surface area contributed by atoms with Crippen molar-refractivity contribution in [1.82, 2.24) is 30.3 Å². The second kappa shape index (κ2) is 10.5. The Morgan fingerprint density at radius 1 is 1.38 bits per heavy atom. The van der Waals surface area contributed by atoms with Gasteiger partial charge in [-0.05, 0) is 33.4 Å². The minimum Gasteiger partial charge on any atom is -0.377 e. The van der Waals surface area contributed by atoms with E-state index in [9.17, 15) is 0 Å². The van der Waals surface area contributed by atoms with Crippen LogP contribution in [-0.2, 0) is 24.3 Å². The van der Waals surface area contributed by atoms with Gasteiger partial charge in [0.2, 0.25) is 0 Å². The molecule has 0 spiro atoms. The van der Waals surface area contributed by atoms with Gasteiger partial charge in [0.25, 0.3) is 0 Å². The first kappa shape index (κ1) is 20.6. The molecule has 2 N–H and O–H groups in total. The van der Waals surface area contributed by atoms with Crippen LogP contribution in [0.5, 0.6) is 0 Å². The molecule has 8 nitrogen and oxygen atoms in total. The second-order valence-corrected chi connectivity index (χ2v) is 6.73. The first-order valence-electron chi connectivity index (χ1n) is 9.81. The Morgan fingerprint density at radius 2 is 2.15 bits per heavy atom. The highest BCUT2D eigenvalue weighted by Gasteiger charge is 2.22. The van der Waals surface area contributed by atoms with Gasteiger partial charge in [0.15, 0.2) is 11.8 Å². The lowest BCUT2D eigenvalue weighted by molar-refractivity contribution is 0.177. The molecule has 2 heterocycles. The highest BCUT2D eigenvalue weighted by Crippen LogP contribution is 2.13. The SMILES string of the molecule is CCNC(=NCC(C)N(CC)CC)NC1CCc2nc(COC)nn2C1. The molecule has 0 radical (unpaired) electrons. The summed E-state index contributed by atoms with van der Waals surface area (Å²) >= 11 is 0. The fourth-order valence-corrected chi connectivity index (χ4v) is 3.37. The van der Waals surface area contributed by atoms with Gasteiger partial charge >= 0.3 is 0 Å². The average Bonchev–Trinajstić information content (AvgIpc) is 3.03. The van der Waals surface area contributed by atoms with E-state index in [0.29, 0.717) is 18.7 Å². The van der Waals surface area contributed by atoms with E-state index in [-0.39, 0.29) is 0 Å². The summed E-state index contributed by atoms with van der Waals surface area (Å²) in [5.41, 5.74) is 0. The number of hydrogen-bond acceptors (Lipinski definition) is 5. The molecule has 1 aromatic heterocycles. The number of nitrogens with one attached hydrogen (secondary N) is 2. The van der Waals surface area contributed by atoms with E-state index in [1.807, 2.05) is 4.68 Å². The third-order valence-electron chi connectivity index (χ3n) is 4.81. The van der Waals surface area contributed by atoms with Gasteiger partial charge < -0.3 is 15.4 Å². The average molecular weight is 366 g/mol. The maximum atomic E-state index is 5.13. The number of methoxy groups -OCH3 is 1. The third-order valence-corrected chi connectivity index (χ3v) is 4.81. The molecule has 0 bridgehead atoms. The normalized spacial score (nSPS) is 18.7. The van der Waals surface area contributed by atoms with Crippen molar-refractivity contribution in [3.63, 3.8) is 0 Å². The molecule has 2 unspecified atom stereocenters. The summed E-state index contributed by atoms with van der Waals surface area (Å²) in [5, 5.41) is 11.5. The topological polar surface area (TPSA) is 79.6 Å². The molecule has 0 aromatic carbocycles. The first-order chi connectivity index (χ1) is 12.6. The summed E-state index contributed by atoms with van der Waals surface area (Å²) < 4.78 is 7.13. The highest BCUT2D eigenvalue weighted by molar-refractivity contribution is 5.80. The fraction of sp³-hybridized carbons (Fsp3) is 0.833. The first-order valence-corrected chi connectivity index (χ1v) is 9.81. The molecule has 1 aliphatic heterocycles. The summed E-state index contributed by atoms with van der Waals surface area (Å²) in [6, 6.07) is 0.742. The van der Waals surface area contributed by atoms with Gasteiger partial charge in [-0.25, -0.2) is 9.67 Å². The van der Waals surface area contributed by atoms with Crippen LogP contribution in [0.3, 0.4) is 0 Å². The molecule has 0 saturated carbocycles. The van der Waals surface area contributed by atoms with Gasteiger partial charge in [-0.3, -0.25) is 9.89 Å². The zero-order chi connectivity index (χ0) is 18.9. The molecule has 0 amide bonds. The minimum absolute atomic E-state index is 0.307. The van der Waals surface area contributed by atoms with Crippen LogP contribution in [0.4, 0.5) is 0 Å². The van der Waals surface area contributed by atoms with Crippen LogP contribution in [0.2, 0.25) is 0 Å². The summed E-state index contributed by atoms with van der Waals surface area (Å²) in [6.07, 6.45) is 1.95. The lowest BCUT2D eigenvalue weighted by Crippen LogP contribution is -2.47. The molecule has 2 rings (SSSR count). The van der Waals surface area contributed by atoms with E-state index in [1.165, 1.54) is 0 Å². The standard InChI is InChI=1S/C18H35N7O/c1-6-19-18(20-11-14(4)24(7-2)8-3)21-15-9-10-17-22-16(13-26-5)23-25(17)12-15/h14-15H,6-13H2,1-5H3,(H2,19,20,21). The van der Waals surface area contributed by atoms with Crippen LogP contribution in [0.15, 0.2) is 4.99 Å². The largest absolute Gasteiger partial charge is 0.377 e. The Bertz CT molecular complexity index is 568. The zero-order valence-corrected chi connectivity index (χ0v) is 17.0. The van der Waals surface area contributed by atoms with Gasteiger partial charge in [-0.15, -0.1) is 0 Å². The molecule has 2 atom stereocenters. The number of ether oxygens (including phenoxy) is 1. The van der Waals surface area contributed by atoms with Gasteiger partial charge in [0, 0.05) is 32.2 Å². The van der Waals surface area contributed by atoms with Crippen molar-refractivity contribution in [3.8, 4) is 0 Å². The van der Waals surface area contributed by atoms with Crippen molar-refractivity contribution in [2.24, 2.45) is 4.99 Å². The monoisotopic (exact) mass is 365 g/mol. The minimum atomic E-state index is 0.307. The van der Waals surface area contributed by atoms with Gasteiger partial charge in [-0.2, -0.15) is 5.10 Å². The lowest BCUT2D eigenvalue weighted by atomic mass is 10.1. The molecule has 148 valence electrons. The van der Waals surface area contributed by atoms with Gasteiger partial charge in [-0.1, -0.05) is 13.8 Å². The number of guanidine groups is 1. The van der Waals surface area contributed by atoms with Crippen molar-refractivity contribution in [1.29, 1.82) is 0 Å². The maximum absolute atomic E-state index is 5.13. The molecule has 0 fully saturated rings. The Labute approximate surface area is 157 Å². The smallest absolute Gasteiger partial charge is 0.191 e. The Balaban J connectivity index is 1.95. The van der Waals surface area contributed by atoms with Crippen LogP contribution in [0.25, 0.3) is 0 Å². The molecule has 1 aromatic rings. The van der Waals surface area contributed by atoms with Crippen molar-refractivity contribution < 1.29 is 4.74 Å². The third kappa shape index (κ3) is 5.67. The predicted octanol–water partition coefficient (Wildman–Crippen LogP) is 1.02. The summed E-state index contributed by atoms with van der Waals surface area (Å²) in [5.74, 6) is 2.70. The number of likely N-dealkylation sites (N-methyl/N-ethyl adjacent to an activating group) is 1. The molecular weight excluding hydrogens is 330 g/mol. The molecule has 0 aliphatic carbocycles. The van der Waals surface area contributed by atoms with Crippen molar-refractivity contribution >= 4 is 5.96 Å².